The number of nitrogens with one attached hydrogen (secondary N) is 1. The van der Waals surface area contributed by atoms with E-state index in [9.17, 15) is 14.0 Å². The summed E-state index contributed by atoms with van der Waals surface area (Å²) in [5.41, 5.74) is 2.23. The summed E-state index contributed by atoms with van der Waals surface area (Å²) in [5, 5.41) is 0. The number of benzene rings is 1. The van der Waals surface area contributed by atoms with Crippen LogP contribution in [-0.2, 0) is 11.2 Å². The molecule has 1 N–H and O–H groups in total. The first-order valence-electron chi connectivity index (χ1n) is 9.11. The predicted molar refractivity (Wildman–Crippen MR) is 97.5 cm³/mol. The van der Waals surface area contributed by atoms with E-state index in [0.29, 0.717) is 36.6 Å². The molecule has 138 valence electrons. The highest BCUT2D eigenvalue weighted by Crippen LogP contribution is 2.28. The highest BCUT2D eigenvalue weighted by atomic mass is 19.1. The van der Waals surface area contributed by atoms with Crippen molar-refractivity contribution in [2.24, 2.45) is 0 Å². The molecule has 1 fully saturated rings. The van der Waals surface area contributed by atoms with E-state index in [1.54, 1.807) is 6.92 Å². The largest absolute Gasteiger partial charge is 0.343 e. The van der Waals surface area contributed by atoms with Crippen molar-refractivity contribution in [1.82, 2.24) is 14.9 Å². The van der Waals surface area contributed by atoms with Gasteiger partial charge in [-0.05, 0) is 56.2 Å². The van der Waals surface area contributed by atoms with Crippen molar-refractivity contribution in [3.8, 4) is 0 Å². The molecule has 0 saturated carbocycles. The van der Waals surface area contributed by atoms with Crippen LogP contribution in [0.4, 0.5) is 4.39 Å². The van der Waals surface area contributed by atoms with Crippen molar-refractivity contribution >= 4 is 5.91 Å². The van der Waals surface area contributed by atoms with E-state index in [4.69, 9.17) is 0 Å². The molecule has 5 nitrogen and oxygen atoms in total. The molecular weight excluding hydrogens is 333 g/mol. The first kappa shape index (κ1) is 18.3. The summed E-state index contributed by atoms with van der Waals surface area (Å²) >= 11 is 0. The number of aromatic nitrogens is 2. The Balaban J connectivity index is 1.57. The van der Waals surface area contributed by atoms with Gasteiger partial charge in [-0.2, -0.15) is 0 Å². The van der Waals surface area contributed by atoms with Crippen molar-refractivity contribution in [1.29, 1.82) is 0 Å². The van der Waals surface area contributed by atoms with Crippen molar-refractivity contribution < 1.29 is 9.18 Å². The summed E-state index contributed by atoms with van der Waals surface area (Å²) in [6.07, 6.45) is 4.91. The number of H-pyrrole nitrogens is 1. The summed E-state index contributed by atoms with van der Waals surface area (Å²) in [7, 11) is 0. The second-order valence-electron chi connectivity index (χ2n) is 6.86. The van der Waals surface area contributed by atoms with Gasteiger partial charge >= 0.3 is 0 Å². The number of nitrogens with zero attached hydrogens (tertiary/aromatic N) is 2. The van der Waals surface area contributed by atoms with Crippen molar-refractivity contribution in [3.63, 3.8) is 0 Å². The van der Waals surface area contributed by atoms with Gasteiger partial charge in [0.25, 0.3) is 5.56 Å². The van der Waals surface area contributed by atoms with Gasteiger partial charge in [-0.15, -0.1) is 0 Å². The van der Waals surface area contributed by atoms with Gasteiger partial charge in [-0.3, -0.25) is 9.59 Å². The molecule has 0 spiro atoms. The Bertz CT molecular complexity index is 817. The first-order chi connectivity index (χ1) is 12.5. The summed E-state index contributed by atoms with van der Waals surface area (Å²) in [5.74, 6) is 0.212. The van der Waals surface area contributed by atoms with Gasteiger partial charge in [-0.1, -0.05) is 12.1 Å². The zero-order chi connectivity index (χ0) is 18.5. The van der Waals surface area contributed by atoms with E-state index in [1.807, 2.05) is 17.0 Å². The molecule has 0 bridgehead atoms. The Hall–Kier alpha value is -2.50. The molecule has 1 amide bonds. The molecule has 1 aromatic heterocycles. The van der Waals surface area contributed by atoms with Crippen LogP contribution in [0.2, 0.25) is 0 Å². The van der Waals surface area contributed by atoms with Gasteiger partial charge in [-0.25, -0.2) is 9.37 Å². The lowest BCUT2D eigenvalue weighted by molar-refractivity contribution is -0.131. The molecule has 1 atom stereocenters. The number of rotatable bonds is 4. The molecule has 2 heterocycles. The average Bonchev–Trinajstić information content (AvgIpc) is 2.88. The lowest BCUT2D eigenvalue weighted by Gasteiger charge is -2.21. The van der Waals surface area contributed by atoms with Crippen molar-refractivity contribution in [2.45, 2.75) is 44.9 Å². The average molecular weight is 357 g/mol. The van der Waals surface area contributed by atoms with Crippen LogP contribution >= 0.6 is 0 Å². The first-order valence-corrected chi connectivity index (χ1v) is 9.11. The number of carbonyl (C=O) groups excluding carboxylic acids is 1. The summed E-state index contributed by atoms with van der Waals surface area (Å²) < 4.78 is 13.1. The van der Waals surface area contributed by atoms with Crippen LogP contribution in [0.15, 0.2) is 35.4 Å². The second kappa shape index (κ2) is 8.25. The molecule has 1 unspecified atom stereocenters. The van der Waals surface area contributed by atoms with E-state index < -0.39 is 0 Å². The Morgan fingerprint density at radius 2 is 2.04 bits per heavy atom. The second-order valence-corrected chi connectivity index (χ2v) is 6.86. The van der Waals surface area contributed by atoms with Gasteiger partial charge in [0.05, 0.1) is 6.33 Å². The van der Waals surface area contributed by atoms with Crippen LogP contribution < -0.4 is 5.56 Å². The van der Waals surface area contributed by atoms with Crippen LogP contribution in [0.1, 0.15) is 48.4 Å². The van der Waals surface area contributed by atoms with Gasteiger partial charge < -0.3 is 9.88 Å². The molecule has 1 aliphatic heterocycles. The van der Waals surface area contributed by atoms with Crippen molar-refractivity contribution in [2.75, 3.05) is 13.1 Å². The molecule has 6 heteroatoms. The number of amides is 1. The third-order valence-electron chi connectivity index (χ3n) is 5.18. The van der Waals surface area contributed by atoms with Gasteiger partial charge in [0.1, 0.15) is 5.82 Å². The molecule has 0 radical (unpaired) electrons. The minimum absolute atomic E-state index is 0.0763. The zero-order valence-electron chi connectivity index (χ0n) is 15.0. The highest BCUT2D eigenvalue weighted by Gasteiger charge is 2.22. The molecule has 1 aromatic carbocycles. The van der Waals surface area contributed by atoms with Crippen LogP contribution in [0.3, 0.4) is 0 Å². The standard InChI is InChI=1S/C20H24FN3O2/c1-14-18(20(26)23-13-22-14)8-9-19(25)24-11-2-3-15(10-12-24)16-4-6-17(21)7-5-16/h4-7,13,15H,2-3,8-12H2,1H3,(H,22,23,26). The Morgan fingerprint density at radius 3 is 2.77 bits per heavy atom. The molecule has 1 aliphatic rings. The number of halogens is 1. The molecular formula is C20H24FN3O2. The molecule has 2 aromatic rings. The van der Waals surface area contributed by atoms with Crippen LogP contribution in [0.25, 0.3) is 0 Å². The summed E-state index contributed by atoms with van der Waals surface area (Å²) in [4.78, 5) is 33.0. The number of aryl methyl sites for hydroxylation is 1. The molecule has 3 rings (SSSR count). The Kier molecular flexibility index (Phi) is 5.81. The third-order valence-corrected chi connectivity index (χ3v) is 5.18. The number of likely N-dealkylation sites (tertiary alicyclic amines) is 1. The number of carbonyl (C=O) groups is 1. The Morgan fingerprint density at radius 1 is 1.27 bits per heavy atom. The van der Waals surface area contributed by atoms with Gasteiger partial charge in [0.15, 0.2) is 0 Å². The lowest BCUT2D eigenvalue weighted by atomic mass is 9.92. The maximum atomic E-state index is 13.1. The fourth-order valence-corrected chi connectivity index (χ4v) is 3.62. The van der Waals surface area contributed by atoms with E-state index in [1.165, 1.54) is 18.5 Å². The van der Waals surface area contributed by atoms with E-state index in [-0.39, 0.29) is 17.3 Å². The quantitative estimate of drug-likeness (QED) is 0.915. The van der Waals surface area contributed by atoms with Crippen LogP contribution in [0, 0.1) is 12.7 Å². The van der Waals surface area contributed by atoms with E-state index in [0.717, 1.165) is 31.4 Å². The number of hydrogen-bond acceptors (Lipinski definition) is 3. The van der Waals surface area contributed by atoms with E-state index >= 15 is 0 Å². The topological polar surface area (TPSA) is 66.1 Å². The van der Waals surface area contributed by atoms with Gasteiger partial charge in [0, 0.05) is 30.8 Å². The Labute approximate surface area is 152 Å². The highest BCUT2D eigenvalue weighted by molar-refractivity contribution is 5.76. The predicted octanol–water partition coefficient (Wildman–Crippen LogP) is 2.95. The minimum atomic E-state index is -0.222. The van der Waals surface area contributed by atoms with Crippen LogP contribution in [-0.4, -0.2) is 33.9 Å². The molecule has 1 saturated heterocycles. The minimum Gasteiger partial charge on any atom is -0.343 e. The summed E-state index contributed by atoms with van der Waals surface area (Å²) in [6, 6.07) is 6.68. The zero-order valence-corrected chi connectivity index (χ0v) is 15.0. The fourth-order valence-electron chi connectivity index (χ4n) is 3.62. The lowest BCUT2D eigenvalue weighted by Crippen LogP contribution is -2.32. The fraction of sp³-hybridized carbons (Fsp3) is 0.450. The maximum Gasteiger partial charge on any atom is 0.254 e. The number of hydrogen-bond donors (Lipinski definition) is 1. The molecule has 26 heavy (non-hydrogen) atoms. The maximum absolute atomic E-state index is 13.1. The van der Waals surface area contributed by atoms with E-state index in [2.05, 4.69) is 9.97 Å². The smallest absolute Gasteiger partial charge is 0.254 e. The normalized spacial score (nSPS) is 17.8. The monoisotopic (exact) mass is 357 g/mol. The SMILES string of the molecule is Cc1nc[nH]c(=O)c1CCC(=O)N1CCCC(c2ccc(F)cc2)CC1. The van der Waals surface area contributed by atoms with Crippen LogP contribution in [0.5, 0.6) is 0 Å². The summed E-state index contributed by atoms with van der Waals surface area (Å²) in [6.45, 7) is 3.22. The third kappa shape index (κ3) is 4.36. The van der Waals surface area contributed by atoms with Gasteiger partial charge in [0.2, 0.25) is 5.91 Å². The van der Waals surface area contributed by atoms with Crippen molar-refractivity contribution in [3.05, 3.63) is 63.6 Å². The molecule has 0 aliphatic carbocycles. The number of aromatic amines is 1.